The van der Waals surface area contributed by atoms with Gasteiger partial charge >= 0.3 is 5.97 Å². The highest BCUT2D eigenvalue weighted by Gasteiger charge is 1.83. The molecule has 0 bridgehead atoms. The molecule has 5 N–H and O–H groups in total. The maximum Gasteiger partial charge on any atom is 0.303 e. The molecule has 4 nitrogen and oxygen atoms in total. The molecule has 0 aliphatic carbocycles. The molecule has 1 atom stereocenters. The highest BCUT2D eigenvalue weighted by atomic mass is 35.5. The fourth-order valence-corrected chi connectivity index (χ4v) is 0. The van der Waals surface area contributed by atoms with Gasteiger partial charge in [-0.25, -0.2) is 0 Å². The molecule has 0 amide bonds. The fourth-order valence-electron chi connectivity index (χ4n) is 0. The lowest BCUT2D eigenvalue weighted by atomic mass is 10.5. The van der Waals surface area contributed by atoms with Crippen molar-refractivity contribution >= 4 is 17.6 Å². The summed E-state index contributed by atoms with van der Waals surface area (Å²) in [5.41, 5.74) is 9.48. The van der Waals surface area contributed by atoms with Gasteiger partial charge in [0.2, 0.25) is 0 Å². The molecule has 62 valence electrons. The van der Waals surface area contributed by atoms with Crippen molar-refractivity contribution in [1.82, 2.24) is 0 Å². The van der Waals surface area contributed by atoms with Crippen molar-refractivity contribution in [2.24, 2.45) is 11.5 Å². The number of nitrogens with two attached hydrogens (primary N) is 2. The Morgan fingerprint density at radius 1 is 1.80 bits per heavy atom. The first kappa shape index (κ1) is 12.4. The minimum Gasteiger partial charge on any atom is -0.481 e. The average Bonchev–Trinajstić information content (AvgIpc) is 1.89. The summed E-state index contributed by atoms with van der Waals surface area (Å²) in [5.74, 6) is -0.745. The molecule has 0 aliphatic heterocycles. The van der Waals surface area contributed by atoms with E-state index in [-0.39, 0.29) is 11.9 Å². The zero-order chi connectivity index (χ0) is 8.57. The van der Waals surface area contributed by atoms with Crippen molar-refractivity contribution in [3.63, 3.8) is 0 Å². The molecule has 0 rings (SSSR count). The smallest absolute Gasteiger partial charge is 0.303 e. The second-order valence-corrected chi connectivity index (χ2v) is 2.06. The Kier molecular flexibility index (Phi) is 10.7. The number of halogens is 1. The highest BCUT2D eigenvalue weighted by molar-refractivity contribution is 6.20. The number of carboxylic acid groups (broad SMARTS) is 1. The predicted octanol–water partition coefficient (Wildman–Crippen LogP) is -0.0503. The number of hydrogen-bond acceptors (Lipinski definition) is 3. The Bertz CT molecular complexity index is 87.7. The molecule has 0 aliphatic rings. The lowest BCUT2D eigenvalue weighted by Crippen LogP contribution is -2.22. The third kappa shape index (κ3) is 25.3. The molecular weight excluding hydrogens is 156 g/mol. The van der Waals surface area contributed by atoms with Crippen LogP contribution in [0.3, 0.4) is 0 Å². The summed E-state index contributed by atoms with van der Waals surface area (Å²) in [5, 5.41) is 7.72. The summed E-state index contributed by atoms with van der Waals surface area (Å²) in [6.07, 6.45) is 0.222. The Balaban J connectivity index is 0. The Morgan fingerprint density at radius 2 is 2.00 bits per heavy atom. The summed E-state index contributed by atoms with van der Waals surface area (Å²) in [6, 6.07) is 0. The number of alkyl halides is 1. The molecular formula is C5H13ClN2O2. The Morgan fingerprint density at radius 3 is 2.00 bits per heavy atom. The first-order chi connectivity index (χ1) is 4.54. The maximum atomic E-state index is 9.37. The topological polar surface area (TPSA) is 89.3 Å². The molecule has 0 aromatic heterocycles. The summed E-state index contributed by atoms with van der Waals surface area (Å²) in [7, 11) is 0. The molecule has 0 aromatic carbocycles. The van der Waals surface area contributed by atoms with E-state index in [0.717, 1.165) is 0 Å². The van der Waals surface area contributed by atoms with Crippen molar-refractivity contribution in [2.45, 2.75) is 18.8 Å². The Hall–Kier alpha value is -0.320. The van der Waals surface area contributed by atoms with E-state index in [1.165, 1.54) is 0 Å². The molecule has 0 unspecified atom stereocenters. The minimum absolute atomic E-state index is 0.222. The van der Waals surface area contributed by atoms with E-state index < -0.39 is 5.97 Å². The second kappa shape index (κ2) is 8.68. The van der Waals surface area contributed by atoms with Gasteiger partial charge in [-0.15, -0.1) is 11.6 Å². The summed E-state index contributed by atoms with van der Waals surface area (Å²) < 4.78 is 0. The normalized spacial score (nSPS) is 11.2. The van der Waals surface area contributed by atoms with Crippen molar-refractivity contribution in [3.8, 4) is 0 Å². The van der Waals surface area contributed by atoms with Gasteiger partial charge in [0.1, 0.15) is 0 Å². The van der Waals surface area contributed by atoms with Gasteiger partial charge in [0.25, 0.3) is 0 Å². The molecule has 5 heteroatoms. The van der Waals surface area contributed by atoms with Crippen LogP contribution in [-0.4, -0.2) is 23.1 Å². The summed E-state index contributed by atoms with van der Waals surface area (Å²) in [4.78, 5) is 9.37. The van der Waals surface area contributed by atoms with E-state index in [4.69, 9.17) is 28.2 Å². The first-order valence-corrected chi connectivity index (χ1v) is 3.29. The third-order valence-corrected chi connectivity index (χ3v) is 0.706. The van der Waals surface area contributed by atoms with Crippen LogP contribution in [-0.2, 0) is 4.79 Å². The average molecular weight is 169 g/mol. The van der Waals surface area contributed by atoms with E-state index in [9.17, 15) is 4.79 Å². The van der Waals surface area contributed by atoms with E-state index in [0.29, 0.717) is 6.54 Å². The molecule has 0 radical (unpaired) electrons. The zero-order valence-electron chi connectivity index (χ0n) is 5.88. The van der Waals surface area contributed by atoms with Crippen molar-refractivity contribution in [2.75, 3.05) is 6.54 Å². The quantitative estimate of drug-likeness (QED) is 0.399. The van der Waals surface area contributed by atoms with Crippen LogP contribution >= 0.6 is 11.6 Å². The van der Waals surface area contributed by atoms with Gasteiger partial charge < -0.3 is 16.6 Å². The van der Waals surface area contributed by atoms with Crippen LogP contribution in [0, 0.1) is 0 Å². The monoisotopic (exact) mass is 168 g/mol. The predicted molar refractivity (Wildman–Crippen MR) is 40.8 cm³/mol. The standard InChI is InChI=1S/C3H6O2.C2H7ClN2/c1-2-3(4)5;3-2(5)1-4/h2H2,1H3,(H,4,5);2H,1,4-5H2/t;2-/m.0/s1. The van der Waals surface area contributed by atoms with Crippen LogP contribution in [0.15, 0.2) is 0 Å². The highest BCUT2D eigenvalue weighted by Crippen LogP contribution is 1.74. The van der Waals surface area contributed by atoms with Crippen LogP contribution < -0.4 is 11.5 Å². The SMILES string of the molecule is CCC(=O)O.NC[C@H](N)Cl. The second-order valence-electron chi connectivity index (χ2n) is 1.50. The number of carbonyl (C=O) groups is 1. The minimum atomic E-state index is -0.745. The number of aliphatic carboxylic acids is 1. The van der Waals surface area contributed by atoms with E-state index in [1.54, 1.807) is 6.92 Å². The van der Waals surface area contributed by atoms with Gasteiger partial charge in [0, 0.05) is 13.0 Å². The van der Waals surface area contributed by atoms with Crippen LogP contribution in [0.5, 0.6) is 0 Å². The van der Waals surface area contributed by atoms with Gasteiger partial charge in [0.05, 0.1) is 5.50 Å². The van der Waals surface area contributed by atoms with Crippen molar-refractivity contribution < 1.29 is 9.90 Å². The zero-order valence-corrected chi connectivity index (χ0v) is 6.64. The van der Waals surface area contributed by atoms with Gasteiger partial charge in [-0.05, 0) is 0 Å². The van der Waals surface area contributed by atoms with Gasteiger partial charge in [0.15, 0.2) is 0 Å². The number of hydrogen-bond donors (Lipinski definition) is 3. The number of rotatable bonds is 2. The fraction of sp³-hybridized carbons (Fsp3) is 0.800. The van der Waals surface area contributed by atoms with Crippen LogP contribution in [0.25, 0.3) is 0 Å². The lowest BCUT2D eigenvalue weighted by molar-refractivity contribution is -0.136. The molecule has 0 spiro atoms. The molecule has 10 heavy (non-hydrogen) atoms. The summed E-state index contributed by atoms with van der Waals surface area (Å²) in [6.45, 7) is 1.95. The van der Waals surface area contributed by atoms with E-state index in [2.05, 4.69) is 0 Å². The molecule has 0 saturated heterocycles. The molecule has 0 saturated carbocycles. The number of carboxylic acids is 1. The summed E-state index contributed by atoms with van der Waals surface area (Å²) >= 11 is 5.11. The molecule has 0 fully saturated rings. The van der Waals surface area contributed by atoms with Crippen molar-refractivity contribution in [3.05, 3.63) is 0 Å². The maximum absolute atomic E-state index is 9.37. The molecule has 0 aromatic rings. The van der Waals surface area contributed by atoms with Crippen LogP contribution in [0.4, 0.5) is 0 Å². The lowest BCUT2D eigenvalue weighted by Gasteiger charge is -1.89. The first-order valence-electron chi connectivity index (χ1n) is 2.86. The molecule has 0 heterocycles. The van der Waals surface area contributed by atoms with Crippen LogP contribution in [0.1, 0.15) is 13.3 Å². The van der Waals surface area contributed by atoms with Crippen LogP contribution in [0.2, 0.25) is 0 Å². The van der Waals surface area contributed by atoms with Crippen molar-refractivity contribution in [1.29, 1.82) is 0 Å². The van der Waals surface area contributed by atoms with Gasteiger partial charge in [-0.3, -0.25) is 4.79 Å². The van der Waals surface area contributed by atoms with Gasteiger partial charge in [-0.1, -0.05) is 6.92 Å². The van der Waals surface area contributed by atoms with Gasteiger partial charge in [-0.2, -0.15) is 0 Å². The van der Waals surface area contributed by atoms with E-state index in [1.807, 2.05) is 0 Å². The van der Waals surface area contributed by atoms with E-state index >= 15 is 0 Å². The third-order valence-electron chi connectivity index (χ3n) is 0.528. The Labute approximate surface area is 65.1 Å². The largest absolute Gasteiger partial charge is 0.481 e.